The normalized spacial score (nSPS) is 18.5. The molecule has 1 amide bonds. The first kappa shape index (κ1) is 18.9. The van der Waals surface area contributed by atoms with Crippen molar-refractivity contribution in [3.05, 3.63) is 46.5 Å². The average molecular weight is 379 g/mol. The second-order valence-electron chi connectivity index (χ2n) is 6.89. The van der Waals surface area contributed by atoms with Gasteiger partial charge in [0.2, 0.25) is 5.91 Å². The molecular weight excluding hydrogens is 356 g/mol. The fraction of sp³-hybridized carbons (Fsp3) is 0.474. The minimum Gasteiger partial charge on any atom is -0.316 e. The van der Waals surface area contributed by atoms with Gasteiger partial charge < -0.3 is 10.6 Å². The Morgan fingerprint density at radius 2 is 2.27 bits per heavy atom. The van der Waals surface area contributed by atoms with E-state index in [-0.39, 0.29) is 5.91 Å². The van der Waals surface area contributed by atoms with Crippen molar-refractivity contribution in [3.8, 4) is 0 Å². The van der Waals surface area contributed by atoms with Crippen LogP contribution in [0, 0.1) is 23.5 Å². The van der Waals surface area contributed by atoms with Gasteiger partial charge in [0.1, 0.15) is 0 Å². The molecule has 7 heteroatoms. The number of anilines is 1. The van der Waals surface area contributed by atoms with Crippen LogP contribution in [0.3, 0.4) is 0 Å². The first-order chi connectivity index (χ1) is 12.5. The predicted molar refractivity (Wildman–Crippen MR) is 99.3 cm³/mol. The molecule has 0 bridgehead atoms. The first-order valence-electron chi connectivity index (χ1n) is 8.90. The van der Waals surface area contributed by atoms with E-state index >= 15 is 0 Å². The smallest absolute Gasteiger partial charge is 0.226 e. The SMILES string of the molecule is CC(CC(=O)Nc1ncc(Cc2ccc(F)c(F)c2)s1)C1CCCNC1. The third kappa shape index (κ3) is 5.08. The average Bonchev–Trinajstić information content (AvgIpc) is 3.05. The maximum atomic E-state index is 13.3. The van der Waals surface area contributed by atoms with E-state index in [9.17, 15) is 13.6 Å². The zero-order valence-electron chi connectivity index (χ0n) is 14.7. The van der Waals surface area contributed by atoms with Gasteiger partial charge in [-0.05, 0) is 55.5 Å². The van der Waals surface area contributed by atoms with Gasteiger partial charge in [-0.15, -0.1) is 11.3 Å². The van der Waals surface area contributed by atoms with Gasteiger partial charge in [-0.3, -0.25) is 4.79 Å². The van der Waals surface area contributed by atoms with Crippen molar-refractivity contribution in [2.75, 3.05) is 18.4 Å². The van der Waals surface area contributed by atoms with Crippen molar-refractivity contribution in [2.45, 2.75) is 32.6 Å². The van der Waals surface area contributed by atoms with Crippen LogP contribution >= 0.6 is 11.3 Å². The molecule has 4 nitrogen and oxygen atoms in total. The topological polar surface area (TPSA) is 54.0 Å². The zero-order chi connectivity index (χ0) is 18.5. The minimum atomic E-state index is -0.855. The van der Waals surface area contributed by atoms with Crippen LogP contribution in [0.25, 0.3) is 0 Å². The summed E-state index contributed by atoms with van der Waals surface area (Å²) in [5.41, 5.74) is 0.670. The second kappa shape index (κ2) is 8.68. The highest BCUT2D eigenvalue weighted by Crippen LogP contribution is 2.25. The zero-order valence-corrected chi connectivity index (χ0v) is 15.5. The number of piperidine rings is 1. The minimum absolute atomic E-state index is 0.0307. The number of thiazole rings is 1. The van der Waals surface area contributed by atoms with E-state index in [0.717, 1.165) is 36.9 Å². The molecule has 1 aromatic carbocycles. The number of nitrogens with one attached hydrogen (secondary N) is 2. The number of carbonyl (C=O) groups is 1. The number of hydrogen-bond acceptors (Lipinski definition) is 4. The number of halogens is 2. The summed E-state index contributed by atoms with van der Waals surface area (Å²) >= 11 is 1.36. The summed E-state index contributed by atoms with van der Waals surface area (Å²) in [5, 5.41) is 6.78. The quantitative estimate of drug-likeness (QED) is 0.798. The van der Waals surface area contributed by atoms with E-state index in [1.165, 1.54) is 17.4 Å². The van der Waals surface area contributed by atoms with Crippen LogP contribution < -0.4 is 10.6 Å². The summed E-state index contributed by atoms with van der Waals surface area (Å²) < 4.78 is 26.3. The van der Waals surface area contributed by atoms with Crippen LogP contribution in [0.1, 0.15) is 36.6 Å². The van der Waals surface area contributed by atoms with Gasteiger partial charge in [-0.1, -0.05) is 13.0 Å². The molecule has 1 fully saturated rings. The van der Waals surface area contributed by atoms with Gasteiger partial charge in [0.25, 0.3) is 0 Å². The summed E-state index contributed by atoms with van der Waals surface area (Å²) in [4.78, 5) is 17.4. The van der Waals surface area contributed by atoms with Crippen LogP contribution in [-0.4, -0.2) is 24.0 Å². The highest BCUT2D eigenvalue weighted by atomic mass is 32.1. The van der Waals surface area contributed by atoms with Crippen LogP contribution in [-0.2, 0) is 11.2 Å². The fourth-order valence-corrected chi connectivity index (χ4v) is 4.15. The molecule has 1 aromatic heterocycles. The van der Waals surface area contributed by atoms with E-state index in [0.29, 0.717) is 35.4 Å². The molecule has 1 aliphatic rings. The Balaban J connectivity index is 1.52. The van der Waals surface area contributed by atoms with Crippen molar-refractivity contribution in [3.63, 3.8) is 0 Å². The van der Waals surface area contributed by atoms with E-state index < -0.39 is 11.6 Å². The molecular formula is C19H23F2N3OS. The Hall–Kier alpha value is -1.86. The Morgan fingerprint density at radius 3 is 3.00 bits per heavy atom. The summed E-state index contributed by atoms with van der Waals surface area (Å²) in [5.74, 6) is -0.879. The fourth-order valence-electron chi connectivity index (χ4n) is 3.29. The van der Waals surface area contributed by atoms with Gasteiger partial charge in [0, 0.05) is 23.9 Å². The standard InChI is InChI=1S/C19H23F2N3OS/c1-12(14-3-2-6-22-10-14)7-18(25)24-19-23-11-15(26-19)8-13-4-5-16(20)17(21)9-13/h4-5,9,11-12,14,22H,2-3,6-8,10H2,1H3,(H,23,24,25). The monoisotopic (exact) mass is 379 g/mol. The molecule has 0 saturated carbocycles. The molecule has 26 heavy (non-hydrogen) atoms. The molecule has 1 aliphatic heterocycles. The van der Waals surface area contributed by atoms with Crippen LogP contribution in [0.4, 0.5) is 13.9 Å². The molecule has 2 atom stereocenters. The Kier molecular flexibility index (Phi) is 6.32. The molecule has 1 saturated heterocycles. The van der Waals surface area contributed by atoms with Crippen molar-refractivity contribution in [1.82, 2.24) is 10.3 Å². The summed E-state index contributed by atoms with van der Waals surface area (Å²) in [6, 6.07) is 3.86. The maximum absolute atomic E-state index is 13.3. The number of nitrogens with zero attached hydrogens (tertiary/aromatic N) is 1. The lowest BCUT2D eigenvalue weighted by Gasteiger charge is -2.27. The van der Waals surface area contributed by atoms with Gasteiger partial charge in [-0.25, -0.2) is 13.8 Å². The molecule has 3 rings (SSSR count). The van der Waals surface area contributed by atoms with Gasteiger partial charge >= 0.3 is 0 Å². The Bertz CT molecular complexity index is 759. The number of benzene rings is 1. The van der Waals surface area contributed by atoms with E-state index in [1.807, 2.05) is 0 Å². The van der Waals surface area contributed by atoms with Crippen LogP contribution in [0.2, 0.25) is 0 Å². The molecule has 0 aliphatic carbocycles. The van der Waals surface area contributed by atoms with Crippen molar-refractivity contribution >= 4 is 22.4 Å². The lowest BCUT2D eigenvalue weighted by atomic mass is 9.85. The lowest BCUT2D eigenvalue weighted by Crippen LogP contribution is -2.34. The number of aromatic nitrogens is 1. The molecule has 2 heterocycles. The van der Waals surface area contributed by atoms with Gasteiger partial charge in [0.05, 0.1) is 0 Å². The third-order valence-corrected chi connectivity index (χ3v) is 5.72. The Morgan fingerprint density at radius 1 is 1.42 bits per heavy atom. The van der Waals surface area contributed by atoms with Gasteiger partial charge in [-0.2, -0.15) is 0 Å². The summed E-state index contributed by atoms with van der Waals surface area (Å²) in [6.07, 6.45) is 4.92. The molecule has 0 radical (unpaired) electrons. The van der Waals surface area contributed by atoms with Crippen molar-refractivity contribution < 1.29 is 13.6 Å². The molecule has 2 N–H and O–H groups in total. The van der Waals surface area contributed by atoms with E-state index in [2.05, 4.69) is 22.5 Å². The highest BCUT2D eigenvalue weighted by Gasteiger charge is 2.22. The number of amides is 1. The van der Waals surface area contributed by atoms with Gasteiger partial charge in [0.15, 0.2) is 16.8 Å². The van der Waals surface area contributed by atoms with E-state index in [1.54, 1.807) is 12.3 Å². The van der Waals surface area contributed by atoms with Crippen molar-refractivity contribution in [2.24, 2.45) is 11.8 Å². The molecule has 0 spiro atoms. The highest BCUT2D eigenvalue weighted by molar-refractivity contribution is 7.15. The summed E-state index contributed by atoms with van der Waals surface area (Å²) in [6.45, 7) is 4.16. The predicted octanol–water partition coefficient (Wildman–Crippen LogP) is 3.98. The Labute approximate surface area is 156 Å². The first-order valence-corrected chi connectivity index (χ1v) is 9.72. The van der Waals surface area contributed by atoms with Crippen LogP contribution in [0.5, 0.6) is 0 Å². The number of carbonyl (C=O) groups excluding carboxylic acids is 1. The van der Waals surface area contributed by atoms with Crippen molar-refractivity contribution in [1.29, 1.82) is 0 Å². The summed E-state index contributed by atoms with van der Waals surface area (Å²) in [7, 11) is 0. The maximum Gasteiger partial charge on any atom is 0.226 e. The molecule has 140 valence electrons. The molecule has 2 aromatic rings. The number of hydrogen-bond donors (Lipinski definition) is 2. The van der Waals surface area contributed by atoms with E-state index in [4.69, 9.17) is 0 Å². The lowest BCUT2D eigenvalue weighted by molar-refractivity contribution is -0.117. The second-order valence-corrected chi connectivity index (χ2v) is 8.01. The molecule has 2 unspecified atom stereocenters. The largest absolute Gasteiger partial charge is 0.316 e. The third-order valence-electron chi connectivity index (χ3n) is 4.81. The van der Waals surface area contributed by atoms with Crippen LogP contribution in [0.15, 0.2) is 24.4 Å². The number of rotatable bonds is 6.